The lowest BCUT2D eigenvalue weighted by Gasteiger charge is -2.37. The molecule has 1 aromatic carbocycles. The lowest BCUT2D eigenvalue weighted by Crippen LogP contribution is -2.49. The Hall–Kier alpha value is -1.84. The Morgan fingerprint density at radius 3 is 2.33 bits per heavy atom. The van der Waals surface area contributed by atoms with E-state index in [2.05, 4.69) is 36.9 Å². The summed E-state index contributed by atoms with van der Waals surface area (Å²) in [6.45, 7) is 9.00. The Kier molecular flexibility index (Phi) is 4.99. The van der Waals surface area contributed by atoms with Gasteiger partial charge in [0.1, 0.15) is 5.78 Å². The van der Waals surface area contributed by atoms with Crippen LogP contribution in [0.3, 0.4) is 0 Å². The van der Waals surface area contributed by atoms with Gasteiger partial charge in [0, 0.05) is 44.7 Å². The standard InChI is InChI=1S/C17H24N2O2/c1-13-5-4-6-16(15(13)3)18-9-11-19(12-10-18)17(21)8-7-14(2)20/h4-6H,7-12H2,1-3H3. The molecule has 4 heteroatoms. The van der Waals surface area contributed by atoms with E-state index in [4.69, 9.17) is 0 Å². The van der Waals surface area contributed by atoms with E-state index in [1.807, 2.05) is 4.90 Å². The summed E-state index contributed by atoms with van der Waals surface area (Å²) >= 11 is 0. The van der Waals surface area contributed by atoms with Gasteiger partial charge in [-0.15, -0.1) is 0 Å². The molecule has 0 atom stereocenters. The Bertz CT molecular complexity index is 532. The van der Waals surface area contributed by atoms with Crippen LogP contribution < -0.4 is 4.90 Å². The van der Waals surface area contributed by atoms with Crippen molar-refractivity contribution >= 4 is 17.4 Å². The van der Waals surface area contributed by atoms with Crippen molar-refractivity contribution in [3.05, 3.63) is 29.3 Å². The highest BCUT2D eigenvalue weighted by atomic mass is 16.2. The molecule has 114 valence electrons. The molecular formula is C17H24N2O2. The average molecular weight is 288 g/mol. The predicted octanol–water partition coefficient (Wildman–Crippen LogP) is 2.32. The Morgan fingerprint density at radius 2 is 1.71 bits per heavy atom. The minimum absolute atomic E-state index is 0.0809. The maximum absolute atomic E-state index is 12.0. The summed E-state index contributed by atoms with van der Waals surface area (Å²) < 4.78 is 0. The van der Waals surface area contributed by atoms with Gasteiger partial charge in [-0.05, 0) is 38.0 Å². The zero-order chi connectivity index (χ0) is 15.4. The van der Waals surface area contributed by atoms with Crippen molar-refractivity contribution in [3.63, 3.8) is 0 Å². The van der Waals surface area contributed by atoms with Crippen LogP contribution in [0.4, 0.5) is 5.69 Å². The highest BCUT2D eigenvalue weighted by Gasteiger charge is 2.22. The lowest BCUT2D eigenvalue weighted by atomic mass is 10.1. The molecule has 0 aromatic heterocycles. The summed E-state index contributed by atoms with van der Waals surface area (Å²) in [4.78, 5) is 27.2. The average Bonchev–Trinajstić information content (AvgIpc) is 2.48. The molecule has 1 saturated heterocycles. The van der Waals surface area contributed by atoms with Gasteiger partial charge in [0.25, 0.3) is 0 Å². The monoisotopic (exact) mass is 288 g/mol. The predicted molar refractivity (Wildman–Crippen MR) is 84.6 cm³/mol. The fraction of sp³-hybridized carbons (Fsp3) is 0.529. The molecule has 0 saturated carbocycles. The van der Waals surface area contributed by atoms with E-state index in [1.165, 1.54) is 23.7 Å². The second-order valence-electron chi connectivity index (χ2n) is 5.79. The fourth-order valence-electron chi connectivity index (χ4n) is 2.72. The van der Waals surface area contributed by atoms with E-state index in [0.717, 1.165) is 26.2 Å². The zero-order valence-electron chi connectivity index (χ0n) is 13.2. The molecule has 1 aliphatic rings. The van der Waals surface area contributed by atoms with Crippen LogP contribution in [0.5, 0.6) is 0 Å². The van der Waals surface area contributed by atoms with E-state index in [-0.39, 0.29) is 11.7 Å². The summed E-state index contributed by atoms with van der Waals surface area (Å²) in [6, 6.07) is 6.36. The van der Waals surface area contributed by atoms with Gasteiger partial charge >= 0.3 is 0 Å². The number of hydrogen-bond donors (Lipinski definition) is 0. The molecular weight excluding hydrogens is 264 g/mol. The summed E-state index contributed by atoms with van der Waals surface area (Å²) in [5.41, 5.74) is 3.88. The van der Waals surface area contributed by atoms with Crippen molar-refractivity contribution < 1.29 is 9.59 Å². The van der Waals surface area contributed by atoms with Gasteiger partial charge in [-0.1, -0.05) is 12.1 Å². The number of anilines is 1. The summed E-state index contributed by atoms with van der Waals surface area (Å²) in [6.07, 6.45) is 0.703. The quantitative estimate of drug-likeness (QED) is 0.853. The van der Waals surface area contributed by atoms with Crippen molar-refractivity contribution in [3.8, 4) is 0 Å². The number of ketones is 1. The van der Waals surface area contributed by atoms with Crippen LogP contribution in [0.2, 0.25) is 0 Å². The van der Waals surface area contributed by atoms with Crippen LogP contribution in [-0.4, -0.2) is 42.8 Å². The fourth-order valence-corrected chi connectivity index (χ4v) is 2.72. The molecule has 1 amide bonds. The molecule has 1 heterocycles. The third-order valence-corrected chi connectivity index (χ3v) is 4.24. The van der Waals surface area contributed by atoms with Gasteiger partial charge in [-0.2, -0.15) is 0 Å². The maximum atomic E-state index is 12.0. The highest BCUT2D eigenvalue weighted by molar-refractivity contribution is 5.83. The van der Waals surface area contributed by atoms with Crippen LogP contribution in [0.15, 0.2) is 18.2 Å². The van der Waals surface area contributed by atoms with Gasteiger partial charge in [-0.25, -0.2) is 0 Å². The SMILES string of the molecule is CC(=O)CCC(=O)N1CCN(c2cccc(C)c2C)CC1. The smallest absolute Gasteiger partial charge is 0.223 e. The molecule has 0 spiro atoms. The topological polar surface area (TPSA) is 40.6 Å². The first-order valence-corrected chi connectivity index (χ1v) is 7.57. The molecule has 2 rings (SSSR count). The number of nitrogens with zero attached hydrogens (tertiary/aromatic N) is 2. The molecule has 0 N–H and O–H groups in total. The van der Waals surface area contributed by atoms with Gasteiger partial charge in [-0.3, -0.25) is 4.79 Å². The molecule has 4 nitrogen and oxygen atoms in total. The number of benzene rings is 1. The first-order valence-electron chi connectivity index (χ1n) is 7.57. The molecule has 1 aromatic rings. The Balaban J connectivity index is 1.92. The largest absolute Gasteiger partial charge is 0.368 e. The zero-order valence-corrected chi connectivity index (χ0v) is 13.2. The normalized spacial score (nSPS) is 15.2. The summed E-state index contributed by atoms with van der Waals surface area (Å²) in [5, 5.41) is 0. The van der Waals surface area contributed by atoms with Crippen LogP contribution in [0, 0.1) is 13.8 Å². The molecule has 1 fully saturated rings. The number of carbonyl (C=O) groups is 2. The molecule has 0 unspecified atom stereocenters. The molecule has 1 aliphatic heterocycles. The second kappa shape index (κ2) is 6.74. The Labute approximate surface area is 126 Å². The molecule has 0 radical (unpaired) electrons. The second-order valence-corrected chi connectivity index (χ2v) is 5.79. The first-order chi connectivity index (χ1) is 9.99. The minimum Gasteiger partial charge on any atom is -0.368 e. The van der Waals surface area contributed by atoms with E-state index in [9.17, 15) is 9.59 Å². The number of hydrogen-bond acceptors (Lipinski definition) is 3. The highest BCUT2D eigenvalue weighted by Crippen LogP contribution is 2.23. The summed E-state index contributed by atoms with van der Waals surface area (Å²) in [7, 11) is 0. The third-order valence-electron chi connectivity index (χ3n) is 4.24. The summed E-state index contributed by atoms with van der Waals surface area (Å²) in [5.74, 6) is 0.184. The number of piperazine rings is 1. The molecule has 21 heavy (non-hydrogen) atoms. The number of amides is 1. The van der Waals surface area contributed by atoms with Gasteiger partial charge in [0.05, 0.1) is 0 Å². The van der Waals surface area contributed by atoms with Crippen molar-refractivity contribution in [2.75, 3.05) is 31.1 Å². The Morgan fingerprint density at radius 1 is 1.05 bits per heavy atom. The number of aryl methyl sites for hydroxylation is 1. The third kappa shape index (κ3) is 3.84. The van der Waals surface area contributed by atoms with E-state index in [1.54, 1.807) is 0 Å². The minimum atomic E-state index is 0.0809. The molecule has 0 aliphatic carbocycles. The van der Waals surface area contributed by atoms with Gasteiger partial charge in [0.2, 0.25) is 5.91 Å². The van der Waals surface area contributed by atoms with E-state index in [0.29, 0.717) is 12.8 Å². The van der Waals surface area contributed by atoms with Gasteiger partial charge in [0.15, 0.2) is 0 Å². The van der Waals surface area contributed by atoms with Crippen molar-refractivity contribution in [1.29, 1.82) is 0 Å². The van der Waals surface area contributed by atoms with E-state index < -0.39 is 0 Å². The van der Waals surface area contributed by atoms with Crippen LogP contribution in [0.25, 0.3) is 0 Å². The number of carbonyl (C=O) groups excluding carboxylic acids is 2. The van der Waals surface area contributed by atoms with Crippen molar-refractivity contribution in [2.24, 2.45) is 0 Å². The molecule has 0 bridgehead atoms. The van der Waals surface area contributed by atoms with Crippen molar-refractivity contribution in [1.82, 2.24) is 4.90 Å². The number of rotatable bonds is 4. The maximum Gasteiger partial charge on any atom is 0.223 e. The van der Waals surface area contributed by atoms with Gasteiger partial charge < -0.3 is 14.6 Å². The number of Topliss-reactive ketones (excluding diaryl/α,β-unsaturated/α-hetero) is 1. The first kappa shape index (κ1) is 15.5. The van der Waals surface area contributed by atoms with Crippen LogP contribution in [0.1, 0.15) is 30.9 Å². The van der Waals surface area contributed by atoms with Crippen LogP contribution >= 0.6 is 0 Å². The lowest BCUT2D eigenvalue weighted by molar-refractivity contribution is -0.133. The van der Waals surface area contributed by atoms with Crippen LogP contribution in [-0.2, 0) is 9.59 Å². The van der Waals surface area contributed by atoms with E-state index >= 15 is 0 Å². The van der Waals surface area contributed by atoms with Crippen molar-refractivity contribution in [2.45, 2.75) is 33.6 Å².